The first-order valence-corrected chi connectivity index (χ1v) is 5.03. The molecule has 78 valence electrons. The van der Waals surface area contributed by atoms with Crippen LogP contribution < -0.4 is 9.47 Å². The minimum absolute atomic E-state index is 0.509. The first-order chi connectivity index (χ1) is 6.79. The molecule has 4 heteroatoms. The summed E-state index contributed by atoms with van der Waals surface area (Å²) in [6.45, 7) is 1.07. The van der Waals surface area contributed by atoms with Crippen molar-refractivity contribution in [3.63, 3.8) is 0 Å². The van der Waals surface area contributed by atoms with E-state index in [1.54, 1.807) is 14.2 Å². The van der Waals surface area contributed by atoms with Crippen LogP contribution in [0.15, 0.2) is 22.7 Å². The van der Waals surface area contributed by atoms with Crippen LogP contribution in [0.3, 0.4) is 0 Å². The first kappa shape index (κ1) is 11.3. The van der Waals surface area contributed by atoms with Crippen molar-refractivity contribution in [1.82, 2.24) is 0 Å². The fraction of sp³-hybridized carbons (Fsp3) is 0.400. The van der Waals surface area contributed by atoms with Gasteiger partial charge in [0.2, 0.25) is 0 Å². The first-order valence-electron chi connectivity index (χ1n) is 4.24. The number of rotatable bonds is 5. The number of methoxy groups -OCH3 is 2. The summed E-state index contributed by atoms with van der Waals surface area (Å²) in [6.07, 6.45) is 0. The number of para-hydroxylation sites is 1. The molecule has 0 bridgehead atoms. The molecule has 0 N–H and O–H groups in total. The van der Waals surface area contributed by atoms with Crippen LogP contribution in [0, 0.1) is 0 Å². The quantitative estimate of drug-likeness (QED) is 0.762. The van der Waals surface area contributed by atoms with Gasteiger partial charge in [0, 0.05) is 7.11 Å². The molecule has 0 atom stereocenters. The van der Waals surface area contributed by atoms with Crippen LogP contribution in [-0.4, -0.2) is 27.4 Å². The van der Waals surface area contributed by atoms with Gasteiger partial charge in [0.25, 0.3) is 0 Å². The largest absolute Gasteiger partial charge is 0.493 e. The van der Waals surface area contributed by atoms with E-state index in [4.69, 9.17) is 14.2 Å². The van der Waals surface area contributed by atoms with Crippen LogP contribution in [-0.2, 0) is 4.74 Å². The van der Waals surface area contributed by atoms with Gasteiger partial charge in [0.1, 0.15) is 6.61 Å². The van der Waals surface area contributed by atoms with E-state index < -0.39 is 0 Å². The van der Waals surface area contributed by atoms with Crippen molar-refractivity contribution in [3.05, 3.63) is 22.7 Å². The summed E-state index contributed by atoms with van der Waals surface area (Å²) < 4.78 is 16.4. The fourth-order valence-electron chi connectivity index (χ4n) is 1.02. The zero-order valence-corrected chi connectivity index (χ0v) is 9.83. The molecule has 0 saturated heterocycles. The third kappa shape index (κ3) is 2.89. The molecular weight excluding hydrogens is 248 g/mol. The van der Waals surface area contributed by atoms with E-state index in [1.165, 1.54) is 0 Å². The van der Waals surface area contributed by atoms with Gasteiger partial charge in [-0.05, 0) is 28.1 Å². The fourth-order valence-corrected chi connectivity index (χ4v) is 1.48. The van der Waals surface area contributed by atoms with E-state index in [-0.39, 0.29) is 0 Å². The van der Waals surface area contributed by atoms with Crippen molar-refractivity contribution in [2.75, 3.05) is 27.4 Å². The van der Waals surface area contributed by atoms with Gasteiger partial charge in [-0.15, -0.1) is 0 Å². The highest BCUT2D eigenvalue weighted by molar-refractivity contribution is 9.10. The smallest absolute Gasteiger partial charge is 0.175 e. The van der Waals surface area contributed by atoms with Crippen LogP contribution in [0.2, 0.25) is 0 Å². The summed E-state index contributed by atoms with van der Waals surface area (Å²) in [5.74, 6) is 1.43. The molecule has 0 heterocycles. The van der Waals surface area contributed by atoms with E-state index in [1.807, 2.05) is 18.2 Å². The Hall–Kier alpha value is -0.740. The van der Waals surface area contributed by atoms with Gasteiger partial charge in [-0.25, -0.2) is 0 Å². The second-order valence-electron chi connectivity index (χ2n) is 2.61. The van der Waals surface area contributed by atoms with Gasteiger partial charge in [0.15, 0.2) is 11.5 Å². The summed E-state index contributed by atoms with van der Waals surface area (Å²) in [4.78, 5) is 0. The lowest BCUT2D eigenvalue weighted by Gasteiger charge is -2.11. The Morgan fingerprint density at radius 1 is 1.21 bits per heavy atom. The summed E-state index contributed by atoms with van der Waals surface area (Å²) in [5, 5.41) is 0. The Morgan fingerprint density at radius 3 is 2.64 bits per heavy atom. The van der Waals surface area contributed by atoms with E-state index in [9.17, 15) is 0 Å². The van der Waals surface area contributed by atoms with Gasteiger partial charge in [-0.3, -0.25) is 0 Å². The highest BCUT2D eigenvalue weighted by Crippen LogP contribution is 2.34. The van der Waals surface area contributed by atoms with Crippen molar-refractivity contribution < 1.29 is 14.2 Å². The Kier molecular flexibility index (Phi) is 4.76. The van der Waals surface area contributed by atoms with Gasteiger partial charge in [-0.1, -0.05) is 6.07 Å². The van der Waals surface area contributed by atoms with E-state index in [2.05, 4.69) is 15.9 Å². The Morgan fingerprint density at radius 2 is 2.00 bits per heavy atom. The maximum atomic E-state index is 5.50. The van der Waals surface area contributed by atoms with Crippen molar-refractivity contribution in [2.24, 2.45) is 0 Å². The Bertz CT molecular complexity index is 289. The van der Waals surface area contributed by atoms with Crippen LogP contribution in [0.25, 0.3) is 0 Å². The normalized spacial score (nSPS) is 9.93. The highest BCUT2D eigenvalue weighted by Gasteiger charge is 2.07. The molecule has 0 aliphatic carbocycles. The zero-order chi connectivity index (χ0) is 10.4. The van der Waals surface area contributed by atoms with Crippen molar-refractivity contribution in [2.45, 2.75) is 0 Å². The maximum Gasteiger partial charge on any atom is 0.175 e. The molecule has 0 amide bonds. The lowest BCUT2D eigenvalue weighted by atomic mass is 10.3. The molecule has 0 radical (unpaired) electrons. The summed E-state index contributed by atoms with van der Waals surface area (Å²) >= 11 is 3.39. The molecule has 0 unspecified atom stereocenters. The average molecular weight is 261 g/mol. The molecule has 0 aliphatic heterocycles. The van der Waals surface area contributed by atoms with Gasteiger partial charge in [-0.2, -0.15) is 0 Å². The molecule has 0 fully saturated rings. The predicted molar refractivity (Wildman–Crippen MR) is 58.1 cm³/mol. The SMILES string of the molecule is COCCOc1c(Br)cccc1OC. The standard InChI is InChI=1S/C10H13BrO3/c1-12-6-7-14-10-8(11)4-3-5-9(10)13-2/h3-5H,6-7H2,1-2H3. The van der Waals surface area contributed by atoms with Crippen LogP contribution in [0.5, 0.6) is 11.5 Å². The lowest BCUT2D eigenvalue weighted by Crippen LogP contribution is -2.05. The van der Waals surface area contributed by atoms with Gasteiger partial charge < -0.3 is 14.2 Å². The lowest BCUT2D eigenvalue weighted by molar-refractivity contribution is 0.144. The van der Waals surface area contributed by atoms with Crippen LogP contribution in [0.1, 0.15) is 0 Å². The Balaban J connectivity index is 2.72. The highest BCUT2D eigenvalue weighted by atomic mass is 79.9. The van der Waals surface area contributed by atoms with Crippen molar-refractivity contribution in [3.8, 4) is 11.5 Å². The molecule has 0 aliphatic rings. The predicted octanol–water partition coefficient (Wildman–Crippen LogP) is 2.48. The minimum Gasteiger partial charge on any atom is -0.493 e. The molecule has 1 aromatic rings. The van der Waals surface area contributed by atoms with E-state index in [0.29, 0.717) is 19.0 Å². The number of halogens is 1. The van der Waals surface area contributed by atoms with Crippen molar-refractivity contribution in [1.29, 1.82) is 0 Å². The topological polar surface area (TPSA) is 27.7 Å². The second kappa shape index (κ2) is 5.88. The van der Waals surface area contributed by atoms with Gasteiger partial charge >= 0.3 is 0 Å². The molecule has 14 heavy (non-hydrogen) atoms. The number of benzene rings is 1. The average Bonchev–Trinajstić information content (AvgIpc) is 2.20. The molecule has 1 aromatic carbocycles. The van der Waals surface area contributed by atoms with E-state index in [0.717, 1.165) is 10.2 Å². The molecule has 1 rings (SSSR count). The number of hydrogen-bond donors (Lipinski definition) is 0. The summed E-state index contributed by atoms with van der Waals surface area (Å²) in [6, 6.07) is 5.66. The van der Waals surface area contributed by atoms with Crippen molar-refractivity contribution >= 4 is 15.9 Å². The second-order valence-corrected chi connectivity index (χ2v) is 3.47. The third-order valence-corrected chi connectivity index (χ3v) is 2.31. The van der Waals surface area contributed by atoms with Crippen LogP contribution in [0.4, 0.5) is 0 Å². The molecule has 0 spiro atoms. The summed E-state index contributed by atoms with van der Waals surface area (Å²) in [5.41, 5.74) is 0. The number of hydrogen-bond acceptors (Lipinski definition) is 3. The monoisotopic (exact) mass is 260 g/mol. The van der Waals surface area contributed by atoms with E-state index >= 15 is 0 Å². The third-order valence-electron chi connectivity index (χ3n) is 1.68. The Labute approximate surface area is 92.1 Å². The maximum absolute atomic E-state index is 5.50. The molecular formula is C10H13BrO3. The molecule has 3 nitrogen and oxygen atoms in total. The number of ether oxygens (including phenoxy) is 3. The zero-order valence-electron chi connectivity index (χ0n) is 8.25. The minimum atomic E-state index is 0.509. The van der Waals surface area contributed by atoms with Crippen LogP contribution >= 0.6 is 15.9 Å². The summed E-state index contributed by atoms with van der Waals surface area (Å²) in [7, 11) is 3.26. The van der Waals surface area contributed by atoms with Gasteiger partial charge in [0.05, 0.1) is 18.2 Å². The molecule has 0 saturated carbocycles. The molecule has 0 aromatic heterocycles.